The Bertz CT molecular complexity index is 991. The Labute approximate surface area is 193 Å². The van der Waals surface area contributed by atoms with E-state index in [1.54, 1.807) is 4.90 Å². The van der Waals surface area contributed by atoms with E-state index in [1.807, 2.05) is 31.2 Å². The molecule has 33 heavy (non-hydrogen) atoms. The lowest BCUT2D eigenvalue weighted by Crippen LogP contribution is -2.35. The van der Waals surface area contributed by atoms with Crippen LogP contribution in [0.25, 0.3) is 11.1 Å². The summed E-state index contributed by atoms with van der Waals surface area (Å²) in [4.78, 5) is 37.4. The van der Waals surface area contributed by atoms with Crippen LogP contribution in [-0.4, -0.2) is 54.2 Å². The van der Waals surface area contributed by atoms with Crippen LogP contribution in [-0.2, 0) is 14.3 Å². The van der Waals surface area contributed by atoms with Crippen molar-refractivity contribution in [2.45, 2.75) is 32.1 Å². The lowest BCUT2D eigenvalue weighted by atomic mass is 9.98. The number of hydrogen-bond donors (Lipinski definition) is 2. The van der Waals surface area contributed by atoms with Crippen LogP contribution in [0.4, 0.5) is 4.79 Å². The average molecular weight is 451 g/mol. The van der Waals surface area contributed by atoms with Crippen LogP contribution in [0.2, 0.25) is 0 Å². The van der Waals surface area contributed by atoms with E-state index >= 15 is 0 Å². The smallest absolute Gasteiger partial charge is 0.407 e. The molecule has 174 valence electrons. The standard InChI is InChI=1S/C26H30N2O5/c1-2-28(13-7-12-24(29)30)25(31)22-14-17(22)15-27-26(32)33-16-23-20-10-5-3-8-18(20)19-9-4-6-11-21(19)23/h3-6,8-11,17,22-23H,2,7,12-16H2,1H3,(H,27,32)(H,29,30). The molecule has 1 fully saturated rings. The maximum Gasteiger partial charge on any atom is 0.407 e. The molecule has 2 aromatic carbocycles. The molecule has 1 saturated carbocycles. The number of benzene rings is 2. The van der Waals surface area contributed by atoms with Gasteiger partial charge < -0.3 is 20.1 Å². The van der Waals surface area contributed by atoms with Crippen molar-refractivity contribution in [2.24, 2.45) is 11.8 Å². The number of ether oxygens (including phenoxy) is 1. The topological polar surface area (TPSA) is 95.9 Å². The number of hydrogen-bond acceptors (Lipinski definition) is 4. The fourth-order valence-corrected chi connectivity index (χ4v) is 4.72. The van der Waals surface area contributed by atoms with E-state index in [0.717, 1.165) is 6.42 Å². The van der Waals surface area contributed by atoms with Gasteiger partial charge in [0, 0.05) is 37.9 Å². The Morgan fingerprint density at radius 1 is 1.06 bits per heavy atom. The lowest BCUT2D eigenvalue weighted by Gasteiger charge is -2.20. The van der Waals surface area contributed by atoms with Gasteiger partial charge in [-0.2, -0.15) is 0 Å². The maximum absolute atomic E-state index is 12.6. The summed E-state index contributed by atoms with van der Waals surface area (Å²) in [7, 11) is 0. The van der Waals surface area contributed by atoms with Crippen molar-refractivity contribution in [3.63, 3.8) is 0 Å². The molecule has 0 radical (unpaired) electrons. The number of amides is 2. The number of alkyl carbamates (subject to hydrolysis) is 1. The molecular weight excluding hydrogens is 420 g/mol. The fraction of sp³-hybridized carbons (Fsp3) is 0.423. The zero-order valence-corrected chi connectivity index (χ0v) is 18.8. The van der Waals surface area contributed by atoms with Gasteiger partial charge in [-0.25, -0.2) is 4.79 Å². The number of nitrogens with zero attached hydrogens (tertiary/aromatic N) is 1. The van der Waals surface area contributed by atoms with Gasteiger partial charge in [0.25, 0.3) is 0 Å². The van der Waals surface area contributed by atoms with Gasteiger partial charge in [-0.05, 0) is 47.9 Å². The van der Waals surface area contributed by atoms with E-state index in [-0.39, 0.29) is 36.7 Å². The fourth-order valence-electron chi connectivity index (χ4n) is 4.72. The molecule has 7 heteroatoms. The third-order valence-corrected chi connectivity index (χ3v) is 6.60. The highest BCUT2D eigenvalue weighted by Crippen LogP contribution is 2.44. The summed E-state index contributed by atoms with van der Waals surface area (Å²) in [5.74, 6) is -0.796. The van der Waals surface area contributed by atoms with Crippen LogP contribution in [0.1, 0.15) is 43.2 Å². The van der Waals surface area contributed by atoms with Gasteiger partial charge in [-0.15, -0.1) is 0 Å². The number of carboxylic acid groups (broad SMARTS) is 1. The summed E-state index contributed by atoms with van der Waals surface area (Å²) in [5.41, 5.74) is 4.71. The summed E-state index contributed by atoms with van der Waals surface area (Å²) >= 11 is 0. The number of carbonyl (C=O) groups is 3. The van der Waals surface area contributed by atoms with E-state index in [2.05, 4.69) is 29.6 Å². The number of carboxylic acids is 1. The molecule has 0 bridgehead atoms. The summed E-state index contributed by atoms with van der Waals surface area (Å²) < 4.78 is 5.56. The van der Waals surface area contributed by atoms with Gasteiger partial charge in [0.1, 0.15) is 6.61 Å². The van der Waals surface area contributed by atoms with Gasteiger partial charge in [0.05, 0.1) is 0 Å². The molecule has 2 unspecified atom stereocenters. The minimum absolute atomic E-state index is 0.0160. The van der Waals surface area contributed by atoms with Crippen LogP contribution in [0.15, 0.2) is 48.5 Å². The van der Waals surface area contributed by atoms with Crippen LogP contribution in [0.3, 0.4) is 0 Å². The molecule has 2 aromatic rings. The Balaban J connectivity index is 1.23. The molecule has 2 aliphatic carbocycles. The van der Waals surface area contributed by atoms with Crippen molar-refractivity contribution >= 4 is 18.0 Å². The van der Waals surface area contributed by atoms with E-state index in [4.69, 9.17) is 9.84 Å². The third kappa shape index (κ3) is 5.18. The summed E-state index contributed by atoms with van der Waals surface area (Å²) in [5, 5.41) is 11.6. The first kappa shape index (κ1) is 22.8. The molecule has 0 aliphatic heterocycles. The predicted molar refractivity (Wildman–Crippen MR) is 124 cm³/mol. The zero-order valence-electron chi connectivity index (χ0n) is 18.8. The highest BCUT2D eigenvalue weighted by atomic mass is 16.5. The second-order valence-corrected chi connectivity index (χ2v) is 8.72. The Morgan fingerprint density at radius 3 is 2.30 bits per heavy atom. The second kappa shape index (κ2) is 10.1. The van der Waals surface area contributed by atoms with Gasteiger partial charge in [0.2, 0.25) is 5.91 Å². The van der Waals surface area contributed by atoms with Crippen LogP contribution < -0.4 is 5.32 Å². The van der Waals surface area contributed by atoms with Gasteiger partial charge in [-0.1, -0.05) is 48.5 Å². The summed E-state index contributed by atoms with van der Waals surface area (Å²) in [6.07, 6.45) is 0.771. The third-order valence-electron chi connectivity index (χ3n) is 6.60. The number of fused-ring (bicyclic) bond motifs is 3. The summed E-state index contributed by atoms with van der Waals surface area (Å²) in [6.45, 7) is 3.57. The monoisotopic (exact) mass is 450 g/mol. The molecule has 2 amide bonds. The quantitative estimate of drug-likeness (QED) is 0.573. The van der Waals surface area contributed by atoms with Gasteiger partial charge in [0.15, 0.2) is 0 Å². The van der Waals surface area contributed by atoms with E-state index in [0.29, 0.717) is 26.1 Å². The van der Waals surface area contributed by atoms with E-state index < -0.39 is 12.1 Å². The van der Waals surface area contributed by atoms with Crippen LogP contribution in [0.5, 0.6) is 0 Å². The number of carbonyl (C=O) groups excluding carboxylic acids is 2. The van der Waals surface area contributed by atoms with Crippen molar-refractivity contribution in [3.8, 4) is 11.1 Å². The van der Waals surface area contributed by atoms with Crippen molar-refractivity contribution < 1.29 is 24.2 Å². The molecule has 7 nitrogen and oxygen atoms in total. The SMILES string of the molecule is CCN(CCCC(=O)O)C(=O)C1CC1CNC(=O)OCC1c2ccccc2-c2ccccc21. The van der Waals surface area contributed by atoms with Crippen molar-refractivity contribution in [3.05, 3.63) is 59.7 Å². The summed E-state index contributed by atoms with van der Waals surface area (Å²) in [6, 6.07) is 16.4. The molecule has 0 saturated heterocycles. The Hall–Kier alpha value is -3.35. The first-order valence-electron chi connectivity index (χ1n) is 11.6. The molecular formula is C26H30N2O5. The first-order chi connectivity index (χ1) is 16.0. The molecule has 2 N–H and O–H groups in total. The van der Waals surface area contributed by atoms with E-state index in [1.165, 1.54) is 22.3 Å². The zero-order chi connectivity index (χ0) is 23.4. The Morgan fingerprint density at radius 2 is 1.70 bits per heavy atom. The van der Waals surface area contributed by atoms with Crippen molar-refractivity contribution in [1.82, 2.24) is 10.2 Å². The first-order valence-corrected chi connectivity index (χ1v) is 11.6. The molecule has 2 aliphatic rings. The normalized spacial score (nSPS) is 18.2. The lowest BCUT2D eigenvalue weighted by molar-refractivity contribution is -0.138. The largest absolute Gasteiger partial charge is 0.481 e. The minimum atomic E-state index is -0.852. The van der Waals surface area contributed by atoms with Crippen molar-refractivity contribution in [1.29, 1.82) is 0 Å². The van der Waals surface area contributed by atoms with Crippen LogP contribution >= 0.6 is 0 Å². The van der Waals surface area contributed by atoms with Gasteiger partial charge in [-0.3, -0.25) is 9.59 Å². The number of aliphatic carboxylic acids is 1. The molecule has 0 aromatic heterocycles. The average Bonchev–Trinajstić information content (AvgIpc) is 3.53. The van der Waals surface area contributed by atoms with Crippen molar-refractivity contribution in [2.75, 3.05) is 26.2 Å². The number of nitrogens with one attached hydrogen (secondary N) is 1. The molecule has 0 spiro atoms. The maximum atomic E-state index is 12.6. The highest BCUT2D eigenvalue weighted by molar-refractivity contribution is 5.82. The molecule has 4 rings (SSSR count). The minimum Gasteiger partial charge on any atom is -0.481 e. The van der Waals surface area contributed by atoms with Crippen LogP contribution in [0, 0.1) is 11.8 Å². The molecule has 2 atom stereocenters. The molecule has 0 heterocycles. The highest BCUT2D eigenvalue weighted by Gasteiger charge is 2.44. The van der Waals surface area contributed by atoms with E-state index in [9.17, 15) is 14.4 Å². The predicted octanol–water partition coefficient (Wildman–Crippen LogP) is 3.87. The Kier molecular flexibility index (Phi) is 6.96. The second-order valence-electron chi connectivity index (χ2n) is 8.72. The van der Waals surface area contributed by atoms with Gasteiger partial charge >= 0.3 is 12.1 Å². The number of rotatable bonds is 10.